The van der Waals surface area contributed by atoms with Crippen molar-refractivity contribution in [2.24, 2.45) is 5.92 Å². The maximum atomic E-state index is 13.0. The number of hydrogen-bond acceptors (Lipinski definition) is 7. The molecule has 0 bridgehead atoms. The normalized spacial score (nSPS) is 17.2. The lowest BCUT2D eigenvalue weighted by atomic mass is 9.88. The highest BCUT2D eigenvalue weighted by Gasteiger charge is 2.34. The number of nitrogens with one attached hydrogen (secondary N) is 2. The molecule has 4 rings (SSSR count). The number of pyridine rings is 1. The predicted octanol–water partition coefficient (Wildman–Crippen LogP) is 3.20. The lowest BCUT2D eigenvalue weighted by Crippen LogP contribution is -2.54. The Balaban J connectivity index is 1.41. The Morgan fingerprint density at radius 3 is 2.62 bits per heavy atom. The number of hydrogen-bond donors (Lipinski definition) is 3. The minimum atomic E-state index is -0.547. The van der Waals surface area contributed by atoms with Gasteiger partial charge in [0.2, 0.25) is 5.91 Å². The maximum Gasteiger partial charge on any atom is 0.409 e. The number of piperidine rings is 1. The predicted molar refractivity (Wildman–Crippen MR) is 135 cm³/mol. The second kappa shape index (κ2) is 11.7. The first-order chi connectivity index (χ1) is 17.9. The van der Waals surface area contributed by atoms with Crippen molar-refractivity contribution in [2.45, 2.75) is 32.4 Å². The fourth-order valence-electron chi connectivity index (χ4n) is 4.62. The molecule has 0 aliphatic carbocycles. The highest BCUT2D eigenvalue weighted by Crippen LogP contribution is 2.24. The summed E-state index contributed by atoms with van der Waals surface area (Å²) in [5, 5.41) is 12.9. The van der Waals surface area contributed by atoms with Crippen LogP contribution in [0.5, 0.6) is 5.75 Å². The quantitative estimate of drug-likeness (QED) is 0.331. The number of likely N-dealkylation sites (tertiary alicyclic amines) is 1. The van der Waals surface area contributed by atoms with E-state index in [1.807, 2.05) is 37.3 Å². The van der Waals surface area contributed by atoms with Gasteiger partial charge in [0, 0.05) is 41.7 Å². The van der Waals surface area contributed by atoms with E-state index < -0.39 is 18.0 Å². The molecule has 0 unspecified atom stereocenters. The van der Waals surface area contributed by atoms with Gasteiger partial charge in [-0.25, -0.2) is 10.3 Å². The Kier molecular flexibility index (Phi) is 8.19. The van der Waals surface area contributed by atoms with Crippen LogP contribution in [0.4, 0.5) is 4.79 Å². The zero-order chi connectivity index (χ0) is 26.4. The number of methoxy groups -OCH3 is 1. The highest BCUT2D eigenvalue weighted by molar-refractivity contribution is 5.94. The summed E-state index contributed by atoms with van der Waals surface area (Å²) < 4.78 is 10.8. The molecule has 1 saturated heterocycles. The number of rotatable bonds is 7. The Morgan fingerprint density at radius 1 is 1.14 bits per heavy atom. The minimum Gasteiger partial charge on any atom is -0.489 e. The summed E-state index contributed by atoms with van der Waals surface area (Å²) in [6, 6.07) is 16.2. The number of ether oxygens (including phenoxy) is 2. The molecule has 0 spiro atoms. The molecule has 0 radical (unpaired) electrons. The van der Waals surface area contributed by atoms with Crippen molar-refractivity contribution in [1.29, 1.82) is 0 Å². The second-order valence-electron chi connectivity index (χ2n) is 9.04. The number of nitrogens with zero attached hydrogens (tertiary/aromatic N) is 2. The number of hydroxylamine groups is 1. The summed E-state index contributed by atoms with van der Waals surface area (Å²) in [6.45, 7) is 2.89. The first-order valence-electron chi connectivity index (χ1n) is 12.0. The number of aromatic nitrogens is 1. The SMILES string of the molecule is COC(=O)N1CC[C@@H](CC(=O)NO)[C@H](NC(=O)c2ccc(OCc3cc(C)nc4ccccc34)cc2)C1. The van der Waals surface area contributed by atoms with Crippen LogP contribution < -0.4 is 15.5 Å². The number of carbonyl (C=O) groups is 3. The third-order valence-corrected chi connectivity index (χ3v) is 6.52. The van der Waals surface area contributed by atoms with Gasteiger partial charge in [-0.15, -0.1) is 0 Å². The molecule has 10 nitrogen and oxygen atoms in total. The molecule has 194 valence electrons. The number of para-hydroxylation sites is 1. The van der Waals surface area contributed by atoms with Crippen molar-refractivity contribution in [3.8, 4) is 5.75 Å². The topological polar surface area (TPSA) is 130 Å². The van der Waals surface area contributed by atoms with Gasteiger partial charge in [-0.2, -0.15) is 0 Å². The summed E-state index contributed by atoms with van der Waals surface area (Å²) in [7, 11) is 1.29. The molecule has 2 heterocycles. The largest absolute Gasteiger partial charge is 0.489 e. The van der Waals surface area contributed by atoms with Crippen LogP contribution in [0.3, 0.4) is 0 Å². The second-order valence-corrected chi connectivity index (χ2v) is 9.04. The van der Waals surface area contributed by atoms with E-state index in [4.69, 9.17) is 14.7 Å². The van der Waals surface area contributed by atoms with Crippen LogP contribution in [0, 0.1) is 12.8 Å². The maximum absolute atomic E-state index is 13.0. The van der Waals surface area contributed by atoms with Crippen molar-refractivity contribution in [1.82, 2.24) is 20.7 Å². The summed E-state index contributed by atoms with van der Waals surface area (Å²) >= 11 is 0. The van der Waals surface area contributed by atoms with Crippen molar-refractivity contribution in [3.63, 3.8) is 0 Å². The number of carbonyl (C=O) groups excluding carboxylic acids is 3. The molecule has 1 fully saturated rings. The van der Waals surface area contributed by atoms with Crippen molar-refractivity contribution in [3.05, 3.63) is 71.4 Å². The minimum absolute atomic E-state index is 0.0202. The fourth-order valence-corrected chi connectivity index (χ4v) is 4.62. The summed E-state index contributed by atoms with van der Waals surface area (Å²) in [5.41, 5.74) is 4.89. The number of aryl methyl sites for hydroxylation is 1. The van der Waals surface area contributed by atoms with Crippen LogP contribution in [-0.2, 0) is 16.1 Å². The van der Waals surface area contributed by atoms with Crippen LogP contribution in [0.2, 0.25) is 0 Å². The lowest BCUT2D eigenvalue weighted by molar-refractivity contribution is -0.130. The van der Waals surface area contributed by atoms with Gasteiger partial charge in [-0.1, -0.05) is 18.2 Å². The molecule has 1 aliphatic heterocycles. The zero-order valence-electron chi connectivity index (χ0n) is 20.8. The molecule has 3 N–H and O–H groups in total. The molecule has 1 aromatic heterocycles. The monoisotopic (exact) mass is 506 g/mol. The Bertz CT molecular complexity index is 1280. The Hall–Kier alpha value is -4.18. The third kappa shape index (κ3) is 6.34. The van der Waals surface area contributed by atoms with Gasteiger partial charge in [-0.3, -0.25) is 19.8 Å². The van der Waals surface area contributed by atoms with Crippen molar-refractivity contribution in [2.75, 3.05) is 20.2 Å². The van der Waals surface area contributed by atoms with E-state index in [1.165, 1.54) is 12.0 Å². The van der Waals surface area contributed by atoms with Gasteiger partial charge in [0.25, 0.3) is 5.91 Å². The standard InChI is InChI=1S/C27H30N4O6/c1-17-13-20(22-5-3-4-6-23(22)28-17)16-37-21-9-7-18(8-10-21)26(33)29-24-15-31(27(34)36-2)12-11-19(24)14-25(32)30-35/h3-10,13,19,24,35H,11-12,14-16H2,1-2H3,(H,29,33)(H,30,32)/t19-,24+/m0/s1. The van der Waals surface area contributed by atoms with Gasteiger partial charge in [0.05, 0.1) is 18.7 Å². The molecule has 1 aliphatic rings. The first-order valence-corrected chi connectivity index (χ1v) is 12.0. The number of fused-ring (bicyclic) bond motifs is 1. The summed E-state index contributed by atoms with van der Waals surface area (Å²) in [6.07, 6.45) is -0.00140. The van der Waals surface area contributed by atoms with Gasteiger partial charge in [0.15, 0.2) is 0 Å². The zero-order valence-corrected chi connectivity index (χ0v) is 20.8. The van der Waals surface area contributed by atoms with Gasteiger partial charge >= 0.3 is 6.09 Å². The molecule has 37 heavy (non-hydrogen) atoms. The molecule has 2 atom stereocenters. The third-order valence-electron chi connectivity index (χ3n) is 6.52. The van der Waals surface area contributed by atoms with E-state index >= 15 is 0 Å². The molecule has 2 aromatic carbocycles. The molecular formula is C27H30N4O6. The molecule has 3 amide bonds. The van der Waals surface area contributed by atoms with Gasteiger partial charge in [0.1, 0.15) is 12.4 Å². The van der Waals surface area contributed by atoms with Crippen LogP contribution in [0.25, 0.3) is 10.9 Å². The number of benzene rings is 2. The van der Waals surface area contributed by atoms with E-state index in [2.05, 4.69) is 10.3 Å². The molecule has 10 heteroatoms. The van der Waals surface area contributed by atoms with Crippen LogP contribution in [0.1, 0.15) is 34.5 Å². The summed E-state index contributed by atoms with van der Waals surface area (Å²) in [5.74, 6) is -0.525. The number of amides is 3. The molecular weight excluding hydrogens is 476 g/mol. The van der Waals surface area contributed by atoms with Crippen LogP contribution in [0.15, 0.2) is 54.6 Å². The van der Waals surface area contributed by atoms with Crippen molar-refractivity contribution >= 4 is 28.8 Å². The smallest absolute Gasteiger partial charge is 0.409 e. The first kappa shape index (κ1) is 25.9. The van der Waals surface area contributed by atoms with Gasteiger partial charge in [-0.05, 0) is 55.7 Å². The van der Waals surface area contributed by atoms with Gasteiger partial charge < -0.3 is 19.7 Å². The van der Waals surface area contributed by atoms with Crippen molar-refractivity contribution < 1.29 is 29.1 Å². The molecule has 3 aromatic rings. The summed E-state index contributed by atoms with van der Waals surface area (Å²) in [4.78, 5) is 42.8. The van der Waals surface area contributed by atoms with E-state index in [9.17, 15) is 14.4 Å². The van der Waals surface area contributed by atoms with Crippen LogP contribution in [-0.4, -0.2) is 59.2 Å². The van der Waals surface area contributed by atoms with E-state index in [0.717, 1.165) is 22.2 Å². The van der Waals surface area contributed by atoms with Crippen LogP contribution >= 0.6 is 0 Å². The lowest BCUT2D eigenvalue weighted by Gasteiger charge is -2.37. The Labute approximate surface area is 214 Å². The Morgan fingerprint density at radius 2 is 1.89 bits per heavy atom. The molecule has 0 saturated carbocycles. The highest BCUT2D eigenvalue weighted by atomic mass is 16.5. The average Bonchev–Trinajstić information content (AvgIpc) is 2.92. The van der Waals surface area contributed by atoms with E-state index in [1.54, 1.807) is 29.7 Å². The average molecular weight is 507 g/mol. The fraction of sp³-hybridized carbons (Fsp3) is 0.333. The van der Waals surface area contributed by atoms with E-state index in [-0.39, 0.29) is 24.8 Å². The van der Waals surface area contributed by atoms with E-state index in [0.29, 0.717) is 30.9 Å².